The van der Waals surface area contributed by atoms with Gasteiger partial charge < -0.3 is 10.4 Å². The molecule has 0 saturated heterocycles. The van der Waals surface area contributed by atoms with Gasteiger partial charge in [-0.3, -0.25) is 4.79 Å². The minimum Gasteiger partial charge on any atom is -0.481 e. The molecule has 0 aromatic heterocycles. The molecule has 1 unspecified atom stereocenters. The minimum atomic E-state index is -0.915. The lowest BCUT2D eigenvalue weighted by Crippen LogP contribution is -2.20. The van der Waals surface area contributed by atoms with Crippen molar-refractivity contribution >= 4 is 17.6 Å². The van der Waals surface area contributed by atoms with Crippen molar-refractivity contribution in [1.82, 2.24) is 5.32 Å². The smallest absolute Gasteiger partial charge is 0.305 e. The second-order valence-corrected chi connectivity index (χ2v) is 4.26. The van der Waals surface area contributed by atoms with Crippen molar-refractivity contribution in [2.75, 3.05) is 13.1 Å². The van der Waals surface area contributed by atoms with Gasteiger partial charge >= 0.3 is 5.97 Å². The average molecular weight is 232 g/mol. The lowest BCUT2D eigenvalue weighted by molar-refractivity contribution is -0.136. The molecule has 3 nitrogen and oxygen atoms in total. The molecule has 0 heterocycles. The monoisotopic (exact) mass is 231 g/mol. The molecule has 0 saturated carbocycles. The summed E-state index contributed by atoms with van der Waals surface area (Å²) >= 11 is 5.66. The van der Waals surface area contributed by atoms with Crippen LogP contribution in [0.1, 0.15) is 26.7 Å². The number of halogens is 1. The maximum absolute atomic E-state index is 10.3. The molecule has 0 bridgehead atoms. The van der Waals surface area contributed by atoms with Gasteiger partial charge in [-0.2, -0.15) is 0 Å². The molecule has 2 N–H and O–H groups in total. The van der Waals surface area contributed by atoms with Gasteiger partial charge in [0.2, 0.25) is 0 Å². The van der Waals surface area contributed by atoms with Gasteiger partial charge in [0.25, 0.3) is 0 Å². The first-order valence-corrected chi connectivity index (χ1v) is 5.51. The highest BCUT2D eigenvalue weighted by atomic mass is 35.5. The van der Waals surface area contributed by atoms with Gasteiger partial charge in [-0.25, -0.2) is 0 Å². The van der Waals surface area contributed by atoms with E-state index in [2.05, 4.69) is 31.0 Å². The molecule has 86 valence electrons. The SMILES string of the molecule is CC(C)CNCCC#CC(Cl)CC(=O)O. The number of carboxylic acids is 1. The molecular weight excluding hydrogens is 214 g/mol. The van der Waals surface area contributed by atoms with Crippen molar-refractivity contribution in [2.45, 2.75) is 32.1 Å². The molecule has 0 aromatic rings. The molecule has 0 aliphatic heterocycles. The van der Waals surface area contributed by atoms with E-state index in [4.69, 9.17) is 16.7 Å². The van der Waals surface area contributed by atoms with E-state index in [0.717, 1.165) is 13.1 Å². The molecule has 4 heteroatoms. The summed E-state index contributed by atoms with van der Waals surface area (Å²) in [6, 6.07) is 0. The zero-order chi connectivity index (χ0) is 11.7. The Bertz CT molecular complexity index is 243. The van der Waals surface area contributed by atoms with Crippen LogP contribution in [0.4, 0.5) is 0 Å². The first kappa shape index (κ1) is 14.3. The van der Waals surface area contributed by atoms with Crippen molar-refractivity contribution < 1.29 is 9.90 Å². The number of rotatable bonds is 6. The number of alkyl halides is 1. The summed E-state index contributed by atoms with van der Waals surface area (Å²) in [6.07, 6.45) is 0.601. The molecule has 0 amide bonds. The summed E-state index contributed by atoms with van der Waals surface area (Å²) in [7, 11) is 0. The zero-order valence-electron chi connectivity index (χ0n) is 9.22. The van der Waals surface area contributed by atoms with Crippen molar-refractivity contribution in [3.8, 4) is 11.8 Å². The summed E-state index contributed by atoms with van der Waals surface area (Å²) < 4.78 is 0. The highest BCUT2D eigenvalue weighted by Crippen LogP contribution is 1.99. The summed E-state index contributed by atoms with van der Waals surface area (Å²) in [5.74, 6) is 5.27. The Kier molecular flexibility index (Phi) is 8.17. The Morgan fingerprint density at radius 1 is 1.53 bits per heavy atom. The van der Waals surface area contributed by atoms with Crippen molar-refractivity contribution in [3.63, 3.8) is 0 Å². The molecular formula is C11H18ClNO2. The Labute approximate surface area is 96.2 Å². The van der Waals surface area contributed by atoms with Gasteiger partial charge in [-0.05, 0) is 12.5 Å². The van der Waals surface area contributed by atoms with E-state index in [0.29, 0.717) is 12.3 Å². The average Bonchev–Trinajstić information content (AvgIpc) is 2.09. The third kappa shape index (κ3) is 11.2. The summed E-state index contributed by atoms with van der Waals surface area (Å²) in [6.45, 7) is 6.07. The number of nitrogens with one attached hydrogen (secondary N) is 1. The van der Waals surface area contributed by atoms with Crippen LogP contribution in [0.2, 0.25) is 0 Å². The van der Waals surface area contributed by atoms with Gasteiger partial charge in [0.05, 0.1) is 6.42 Å². The number of aliphatic carboxylic acids is 1. The summed E-state index contributed by atoms with van der Waals surface area (Å²) in [5, 5.41) is 11.1. The fourth-order valence-electron chi connectivity index (χ4n) is 0.929. The lowest BCUT2D eigenvalue weighted by atomic mass is 10.2. The van der Waals surface area contributed by atoms with Gasteiger partial charge in [0, 0.05) is 13.0 Å². The van der Waals surface area contributed by atoms with E-state index in [1.165, 1.54) is 0 Å². The zero-order valence-corrected chi connectivity index (χ0v) is 9.97. The molecule has 0 rings (SSSR count). The van der Waals surface area contributed by atoms with E-state index in [9.17, 15) is 4.79 Å². The maximum atomic E-state index is 10.3. The number of hydrogen-bond donors (Lipinski definition) is 2. The predicted molar refractivity (Wildman–Crippen MR) is 62.0 cm³/mol. The normalized spacial score (nSPS) is 12.0. The quantitative estimate of drug-likeness (QED) is 0.416. The first-order chi connectivity index (χ1) is 7.02. The van der Waals surface area contributed by atoms with Crippen LogP contribution in [-0.2, 0) is 4.79 Å². The Balaban J connectivity index is 3.49. The second-order valence-electron chi connectivity index (χ2n) is 3.73. The van der Waals surface area contributed by atoms with Gasteiger partial charge in [-0.15, -0.1) is 17.5 Å². The van der Waals surface area contributed by atoms with E-state index >= 15 is 0 Å². The third-order valence-corrected chi connectivity index (χ3v) is 1.86. The van der Waals surface area contributed by atoms with Crippen LogP contribution in [0.3, 0.4) is 0 Å². The maximum Gasteiger partial charge on any atom is 0.305 e. The third-order valence-electron chi connectivity index (χ3n) is 1.59. The molecule has 0 fully saturated rings. The van der Waals surface area contributed by atoms with Crippen LogP contribution in [0.15, 0.2) is 0 Å². The lowest BCUT2D eigenvalue weighted by Gasteiger charge is -2.04. The van der Waals surface area contributed by atoms with Crippen LogP contribution in [0.25, 0.3) is 0 Å². The van der Waals surface area contributed by atoms with Crippen LogP contribution in [-0.4, -0.2) is 29.5 Å². The molecule has 15 heavy (non-hydrogen) atoms. The predicted octanol–water partition coefficient (Wildman–Crippen LogP) is 1.71. The highest BCUT2D eigenvalue weighted by molar-refractivity contribution is 6.23. The number of carboxylic acid groups (broad SMARTS) is 1. The fraction of sp³-hybridized carbons (Fsp3) is 0.727. The van der Waals surface area contributed by atoms with E-state index in [1.807, 2.05) is 0 Å². The molecule has 0 radical (unpaired) electrons. The number of carbonyl (C=O) groups is 1. The van der Waals surface area contributed by atoms with E-state index < -0.39 is 11.3 Å². The van der Waals surface area contributed by atoms with Crippen molar-refractivity contribution in [1.29, 1.82) is 0 Å². The highest BCUT2D eigenvalue weighted by Gasteiger charge is 2.04. The van der Waals surface area contributed by atoms with Crippen LogP contribution >= 0.6 is 11.6 Å². The standard InChI is InChI=1S/C11H18ClNO2/c1-9(2)8-13-6-4-3-5-10(12)7-11(14)15/h9-10,13H,4,6-8H2,1-2H3,(H,14,15). The Hall–Kier alpha value is -0.720. The molecule has 0 aliphatic rings. The molecule has 0 aromatic carbocycles. The van der Waals surface area contributed by atoms with Crippen LogP contribution in [0, 0.1) is 17.8 Å². The number of hydrogen-bond acceptors (Lipinski definition) is 2. The molecule has 0 aliphatic carbocycles. The largest absolute Gasteiger partial charge is 0.481 e. The second kappa shape index (κ2) is 8.58. The summed E-state index contributed by atoms with van der Waals surface area (Å²) in [4.78, 5) is 10.3. The minimum absolute atomic E-state index is 0.103. The molecule has 1 atom stereocenters. The molecule has 0 spiro atoms. The Morgan fingerprint density at radius 2 is 2.20 bits per heavy atom. The van der Waals surface area contributed by atoms with Crippen molar-refractivity contribution in [3.05, 3.63) is 0 Å². The van der Waals surface area contributed by atoms with Crippen LogP contribution in [0.5, 0.6) is 0 Å². The summed E-state index contributed by atoms with van der Waals surface area (Å²) in [5.41, 5.74) is 0. The van der Waals surface area contributed by atoms with E-state index in [-0.39, 0.29) is 6.42 Å². The van der Waals surface area contributed by atoms with Crippen molar-refractivity contribution in [2.24, 2.45) is 5.92 Å². The van der Waals surface area contributed by atoms with Crippen LogP contribution < -0.4 is 5.32 Å². The topological polar surface area (TPSA) is 49.3 Å². The first-order valence-electron chi connectivity index (χ1n) is 5.07. The fourth-order valence-corrected chi connectivity index (χ4v) is 1.14. The van der Waals surface area contributed by atoms with Gasteiger partial charge in [0.15, 0.2) is 0 Å². The van der Waals surface area contributed by atoms with Gasteiger partial charge in [0.1, 0.15) is 5.38 Å². The van der Waals surface area contributed by atoms with Gasteiger partial charge in [-0.1, -0.05) is 19.8 Å². The van der Waals surface area contributed by atoms with E-state index in [1.54, 1.807) is 0 Å². The Morgan fingerprint density at radius 3 is 2.73 bits per heavy atom.